The number of hydrogen-bond acceptors (Lipinski definition) is 2. The maximum atomic E-state index is 12.1. The number of carbonyl (C=O) groups is 2. The van der Waals surface area contributed by atoms with Gasteiger partial charge in [-0.3, -0.25) is 9.59 Å². The van der Waals surface area contributed by atoms with Crippen LogP contribution in [0.5, 0.6) is 0 Å². The molecule has 0 aromatic heterocycles. The first kappa shape index (κ1) is 12.3. The van der Waals surface area contributed by atoms with E-state index in [0.29, 0.717) is 17.9 Å². The van der Waals surface area contributed by atoms with Gasteiger partial charge < -0.3 is 0 Å². The van der Waals surface area contributed by atoms with Gasteiger partial charge in [-0.05, 0) is 23.1 Å². The summed E-state index contributed by atoms with van der Waals surface area (Å²) >= 11 is 5.89. The summed E-state index contributed by atoms with van der Waals surface area (Å²) in [7, 11) is 0. The second-order valence-electron chi connectivity index (χ2n) is 5.44. The van der Waals surface area contributed by atoms with E-state index in [9.17, 15) is 9.59 Å². The highest BCUT2D eigenvalue weighted by Gasteiger charge is 2.40. The van der Waals surface area contributed by atoms with E-state index in [0.717, 1.165) is 5.56 Å². The highest BCUT2D eigenvalue weighted by molar-refractivity contribution is 6.30. The number of benzene rings is 1. The number of hydrogen-bond donors (Lipinski definition) is 0. The Balaban J connectivity index is 2.34. The summed E-state index contributed by atoms with van der Waals surface area (Å²) in [5.41, 5.74) is 0.520. The van der Waals surface area contributed by atoms with Gasteiger partial charge in [0.15, 0.2) is 0 Å². The molecule has 0 atom stereocenters. The minimum Gasteiger partial charge on any atom is -0.299 e. The van der Waals surface area contributed by atoms with Crippen molar-refractivity contribution in [1.29, 1.82) is 0 Å². The molecule has 0 heterocycles. The first-order valence-electron chi connectivity index (χ1n) is 5.70. The molecule has 3 heteroatoms. The molecule has 17 heavy (non-hydrogen) atoms. The molecule has 0 unspecified atom stereocenters. The van der Waals surface area contributed by atoms with Gasteiger partial charge in [-0.1, -0.05) is 37.6 Å². The molecule has 0 bridgehead atoms. The van der Waals surface area contributed by atoms with E-state index in [4.69, 9.17) is 11.6 Å². The zero-order valence-corrected chi connectivity index (χ0v) is 10.8. The first-order valence-corrected chi connectivity index (χ1v) is 6.08. The van der Waals surface area contributed by atoms with Crippen LogP contribution in [-0.4, -0.2) is 11.6 Å². The molecule has 0 radical (unpaired) electrons. The van der Waals surface area contributed by atoms with E-state index < -0.39 is 5.92 Å². The third-order valence-electron chi connectivity index (χ3n) is 3.13. The Morgan fingerprint density at radius 1 is 1.18 bits per heavy atom. The van der Waals surface area contributed by atoms with Gasteiger partial charge in [0.05, 0.1) is 0 Å². The summed E-state index contributed by atoms with van der Waals surface area (Å²) in [6, 6.07) is 7.02. The zero-order valence-electron chi connectivity index (χ0n) is 10.00. The average Bonchev–Trinajstić information content (AvgIpc) is 2.13. The molecule has 0 spiro atoms. The lowest BCUT2D eigenvalue weighted by Gasteiger charge is -2.32. The molecule has 1 fully saturated rings. The lowest BCUT2D eigenvalue weighted by molar-refractivity contribution is -0.135. The van der Waals surface area contributed by atoms with Gasteiger partial charge in [0.2, 0.25) is 0 Å². The molecule has 0 N–H and O–H groups in total. The van der Waals surface area contributed by atoms with Crippen LogP contribution < -0.4 is 0 Å². The third kappa shape index (κ3) is 2.58. The molecule has 2 nitrogen and oxygen atoms in total. The monoisotopic (exact) mass is 250 g/mol. The van der Waals surface area contributed by atoms with Crippen molar-refractivity contribution in [2.45, 2.75) is 32.6 Å². The highest BCUT2D eigenvalue weighted by Crippen LogP contribution is 2.38. The summed E-state index contributed by atoms with van der Waals surface area (Å²) < 4.78 is 0. The van der Waals surface area contributed by atoms with Crippen LogP contribution in [0.2, 0.25) is 5.02 Å². The van der Waals surface area contributed by atoms with E-state index >= 15 is 0 Å². The predicted octanol–water partition coefficient (Wildman–Crippen LogP) is 3.38. The Morgan fingerprint density at radius 3 is 2.29 bits per heavy atom. The van der Waals surface area contributed by atoms with E-state index in [1.807, 2.05) is 13.8 Å². The van der Waals surface area contributed by atoms with Crippen molar-refractivity contribution in [2.75, 3.05) is 0 Å². The lowest BCUT2D eigenvalue weighted by atomic mass is 9.70. The third-order valence-corrected chi connectivity index (χ3v) is 3.37. The topological polar surface area (TPSA) is 34.1 Å². The fraction of sp³-hybridized carbons (Fsp3) is 0.429. The summed E-state index contributed by atoms with van der Waals surface area (Å²) in [6.45, 7) is 3.91. The Kier molecular flexibility index (Phi) is 3.09. The smallest absolute Gasteiger partial charge is 0.148 e. The summed E-state index contributed by atoms with van der Waals surface area (Å²) in [5, 5.41) is 0.563. The van der Waals surface area contributed by atoms with Gasteiger partial charge in [0.25, 0.3) is 0 Å². The molecule has 90 valence electrons. The fourth-order valence-electron chi connectivity index (χ4n) is 2.45. The van der Waals surface area contributed by atoms with Crippen molar-refractivity contribution in [3.63, 3.8) is 0 Å². The molecule has 1 saturated carbocycles. The van der Waals surface area contributed by atoms with Crippen LogP contribution in [-0.2, 0) is 9.59 Å². The summed E-state index contributed by atoms with van der Waals surface area (Å²) in [5.74, 6) is -0.594. The average molecular weight is 251 g/mol. The lowest BCUT2D eigenvalue weighted by Crippen LogP contribution is -2.36. The van der Waals surface area contributed by atoms with Crippen LogP contribution in [0.3, 0.4) is 0 Å². The SMILES string of the molecule is CC1(C)CC(=O)C(c2cccc(Cl)c2)C(=O)C1. The van der Waals surface area contributed by atoms with Gasteiger partial charge in [0, 0.05) is 17.9 Å². The zero-order chi connectivity index (χ0) is 12.6. The van der Waals surface area contributed by atoms with Gasteiger partial charge in [0.1, 0.15) is 17.5 Å². The van der Waals surface area contributed by atoms with Gasteiger partial charge >= 0.3 is 0 Å². The van der Waals surface area contributed by atoms with Crippen molar-refractivity contribution in [1.82, 2.24) is 0 Å². The van der Waals surface area contributed by atoms with E-state index in [-0.39, 0.29) is 17.0 Å². The van der Waals surface area contributed by atoms with Crippen LogP contribution in [0.4, 0.5) is 0 Å². The molecule has 2 rings (SSSR count). The minimum atomic E-state index is -0.610. The molecule has 1 aromatic carbocycles. The molecule has 0 aliphatic heterocycles. The summed E-state index contributed by atoms with van der Waals surface area (Å²) in [6.07, 6.45) is 0.909. The number of halogens is 1. The first-order chi connectivity index (χ1) is 7.89. The molecule has 1 aliphatic carbocycles. The van der Waals surface area contributed by atoms with E-state index in [2.05, 4.69) is 0 Å². The van der Waals surface area contributed by atoms with Crippen LogP contribution in [0.1, 0.15) is 38.2 Å². The normalized spacial score (nSPS) is 20.6. The predicted molar refractivity (Wildman–Crippen MR) is 67.2 cm³/mol. The van der Waals surface area contributed by atoms with E-state index in [1.165, 1.54) is 0 Å². The molecule has 0 amide bonds. The van der Waals surface area contributed by atoms with Gasteiger partial charge in [-0.2, -0.15) is 0 Å². The van der Waals surface area contributed by atoms with Crippen LogP contribution in [0.25, 0.3) is 0 Å². The van der Waals surface area contributed by atoms with E-state index in [1.54, 1.807) is 24.3 Å². The Bertz CT molecular complexity index is 457. The quantitative estimate of drug-likeness (QED) is 0.716. The molecule has 0 saturated heterocycles. The second kappa shape index (κ2) is 4.26. The number of ketones is 2. The van der Waals surface area contributed by atoms with Gasteiger partial charge in [-0.25, -0.2) is 0 Å². The van der Waals surface area contributed by atoms with Crippen LogP contribution in [0, 0.1) is 5.41 Å². The highest BCUT2D eigenvalue weighted by atomic mass is 35.5. The maximum Gasteiger partial charge on any atom is 0.148 e. The van der Waals surface area contributed by atoms with Crippen molar-refractivity contribution in [2.24, 2.45) is 5.41 Å². The van der Waals surface area contributed by atoms with Crippen molar-refractivity contribution < 1.29 is 9.59 Å². The molecule has 1 aliphatic rings. The molecular weight excluding hydrogens is 236 g/mol. The summed E-state index contributed by atoms with van der Waals surface area (Å²) in [4.78, 5) is 24.1. The number of Topliss-reactive ketones (excluding diaryl/α,β-unsaturated/α-hetero) is 2. The van der Waals surface area contributed by atoms with Crippen molar-refractivity contribution >= 4 is 23.2 Å². The molecule has 1 aromatic rings. The van der Waals surface area contributed by atoms with Crippen LogP contribution in [0.15, 0.2) is 24.3 Å². The largest absolute Gasteiger partial charge is 0.299 e. The Hall–Kier alpha value is -1.15. The number of carbonyl (C=O) groups excluding carboxylic acids is 2. The van der Waals surface area contributed by atoms with Crippen LogP contribution >= 0.6 is 11.6 Å². The fourth-order valence-corrected chi connectivity index (χ4v) is 2.65. The van der Waals surface area contributed by atoms with Gasteiger partial charge in [-0.15, -0.1) is 0 Å². The standard InChI is InChI=1S/C14H15ClO2/c1-14(2)7-11(16)13(12(17)8-14)9-4-3-5-10(15)6-9/h3-6,13H,7-8H2,1-2H3. The van der Waals surface area contributed by atoms with Crippen molar-refractivity contribution in [3.05, 3.63) is 34.9 Å². The van der Waals surface area contributed by atoms with Crippen molar-refractivity contribution in [3.8, 4) is 0 Å². The molecular formula is C14H15ClO2. The minimum absolute atomic E-state index is 0.00789. The Morgan fingerprint density at radius 2 is 1.76 bits per heavy atom. The second-order valence-corrected chi connectivity index (χ2v) is 5.87. The Labute approximate surface area is 106 Å². The number of rotatable bonds is 1. The maximum absolute atomic E-state index is 12.1.